The average Bonchev–Trinajstić information content (AvgIpc) is 2.19. The fourth-order valence-corrected chi connectivity index (χ4v) is 0.900. The highest BCUT2D eigenvalue weighted by Gasteiger charge is 2.24. The summed E-state index contributed by atoms with van der Waals surface area (Å²) in [6, 6.07) is 0. The van der Waals surface area contributed by atoms with E-state index in [9.17, 15) is 9.59 Å². The van der Waals surface area contributed by atoms with Crippen molar-refractivity contribution in [2.45, 2.75) is 26.4 Å². The van der Waals surface area contributed by atoms with E-state index < -0.39 is 17.6 Å². The van der Waals surface area contributed by atoms with Crippen LogP contribution >= 0.6 is 0 Å². The van der Waals surface area contributed by atoms with E-state index in [4.69, 9.17) is 16.9 Å². The molecule has 5 nitrogen and oxygen atoms in total. The van der Waals surface area contributed by atoms with Crippen LogP contribution in [0.15, 0.2) is 12.2 Å². The van der Waals surface area contributed by atoms with Gasteiger partial charge in [-0.05, 0) is 20.8 Å². The smallest absolute Gasteiger partial charge is 0.418 e. The molecule has 0 rings (SSSR count). The summed E-state index contributed by atoms with van der Waals surface area (Å²) in [5.41, 5.74) is 4.54. The predicted octanol–water partition coefficient (Wildman–Crippen LogP) is 0.898. The highest BCUT2D eigenvalue weighted by atomic mass is 16.6. The van der Waals surface area contributed by atoms with Crippen molar-refractivity contribution in [3.05, 3.63) is 12.2 Å². The molecule has 0 unspecified atom stereocenters. The fraction of sp³-hybridized carbons (Fsp3) is 0.500. The number of carbonyl (C=O) groups excluding carboxylic acids is 2. The maximum atomic E-state index is 11.7. The Bertz CT molecular complexity index is 348. The summed E-state index contributed by atoms with van der Waals surface area (Å²) in [5.74, 6) is 1.69. The molecule has 0 aromatic carbocycles. The standard InChI is InChI=1S/C12H18N2O3/c1-5-9-14(10(15)7-6-8-13)11(16)17-12(2,3)4/h1,6-7H,8-9,13H2,2-4H3. The molecular weight excluding hydrogens is 220 g/mol. The third kappa shape index (κ3) is 6.38. The van der Waals surface area contributed by atoms with Crippen LogP contribution in [0.25, 0.3) is 0 Å². The molecule has 2 amide bonds. The van der Waals surface area contributed by atoms with Crippen LogP contribution in [0.2, 0.25) is 0 Å². The molecule has 0 aliphatic carbocycles. The maximum Gasteiger partial charge on any atom is 0.418 e. The predicted molar refractivity (Wildman–Crippen MR) is 65.0 cm³/mol. The monoisotopic (exact) mass is 238 g/mol. The van der Waals surface area contributed by atoms with E-state index in [0.717, 1.165) is 4.90 Å². The Balaban J connectivity index is 4.74. The van der Waals surface area contributed by atoms with Crippen LogP contribution < -0.4 is 5.73 Å². The topological polar surface area (TPSA) is 72.6 Å². The Morgan fingerprint density at radius 3 is 2.47 bits per heavy atom. The number of carbonyl (C=O) groups is 2. The number of amides is 2. The molecule has 0 saturated carbocycles. The third-order valence-corrected chi connectivity index (χ3v) is 1.53. The molecule has 0 bridgehead atoms. The molecule has 2 N–H and O–H groups in total. The van der Waals surface area contributed by atoms with Crippen molar-refractivity contribution in [2.75, 3.05) is 13.1 Å². The zero-order valence-corrected chi connectivity index (χ0v) is 10.4. The molecule has 0 saturated heterocycles. The summed E-state index contributed by atoms with van der Waals surface area (Å²) in [6.45, 7) is 5.20. The van der Waals surface area contributed by atoms with E-state index in [-0.39, 0.29) is 13.1 Å². The van der Waals surface area contributed by atoms with E-state index in [1.165, 1.54) is 12.2 Å². The molecule has 0 atom stereocenters. The molecule has 0 heterocycles. The van der Waals surface area contributed by atoms with Gasteiger partial charge in [0, 0.05) is 12.6 Å². The van der Waals surface area contributed by atoms with Crippen LogP contribution in [0, 0.1) is 12.3 Å². The quantitative estimate of drug-likeness (QED) is 0.585. The fourth-order valence-electron chi connectivity index (χ4n) is 0.900. The Morgan fingerprint density at radius 2 is 2.06 bits per heavy atom. The first kappa shape index (κ1) is 15.2. The van der Waals surface area contributed by atoms with Gasteiger partial charge in [0.15, 0.2) is 0 Å². The highest BCUT2D eigenvalue weighted by molar-refractivity contribution is 5.98. The molecule has 17 heavy (non-hydrogen) atoms. The second kappa shape index (κ2) is 6.71. The van der Waals surface area contributed by atoms with Crippen molar-refractivity contribution >= 4 is 12.0 Å². The highest BCUT2D eigenvalue weighted by Crippen LogP contribution is 2.10. The lowest BCUT2D eigenvalue weighted by Crippen LogP contribution is -2.40. The normalized spacial score (nSPS) is 11.0. The number of nitrogens with zero attached hydrogens (tertiary/aromatic N) is 1. The summed E-state index contributed by atoms with van der Waals surface area (Å²) < 4.78 is 5.06. The minimum absolute atomic E-state index is 0.136. The lowest BCUT2D eigenvalue weighted by molar-refractivity contribution is -0.124. The second-order valence-electron chi connectivity index (χ2n) is 4.25. The average molecular weight is 238 g/mol. The summed E-state index contributed by atoms with van der Waals surface area (Å²) in [5, 5.41) is 0. The Morgan fingerprint density at radius 1 is 1.47 bits per heavy atom. The van der Waals surface area contributed by atoms with Gasteiger partial charge in [-0.1, -0.05) is 12.0 Å². The van der Waals surface area contributed by atoms with Crippen LogP contribution in [0.4, 0.5) is 4.79 Å². The van der Waals surface area contributed by atoms with Crippen LogP contribution in [0.3, 0.4) is 0 Å². The van der Waals surface area contributed by atoms with Crippen molar-refractivity contribution in [1.29, 1.82) is 0 Å². The lowest BCUT2D eigenvalue weighted by Gasteiger charge is -2.24. The molecule has 0 radical (unpaired) electrons. The summed E-state index contributed by atoms with van der Waals surface area (Å²) in [6.07, 6.45) is 6.97. The number of nitrogens with two attached hydrogens (primary N) is 1. The van der Waals surface area contributed by atoms with E-state index in [1.807, 2.05) is 0 Å². The molecule has 0 fully saturated rings. The third-order valence-electron chi connectivity index (χ3n) is 1.53. The van der Waals surface area contributed by atoms with E-state index in [2.05, 4.69) is 5.92 Å². The van der Waals surface area contributed by atoms with E-state index in [1.54, 1.807) is 20.8 Å². The first-order chi connectivity index (χ1) is 7.81. The van der Waals surface area contributed by atoms with Gasteiger partial charge in [0.05, 0.1) is 6.54 Å². The first-order valence-electron chi connectivity index (χ1n) is 5.16. The molecule has 0 aromatic rings. The van der Waals surface area contributed by atoms with E-state index in [0.29, 0.717) is 0 Å². The SMILES string of the molecule is C#CCN(C(=O)C=CCN)C(=O)OC(C)(C)C. The van der Waals surface area contributed by atoms with Gasteiger partial charge >= 0.3 is 6.09 Å². The van der Waals surface area contributed by atoms with Crippen LogP contribution in [-0.4, -0.2) is 35.6 Å². The summed E-state index contributed by atoms with van der Waals surface area (Å²) in [7, 11) is 0. The summed E-state index contributed by atoms with van der Waals surface area (Å²) in [4.78, 5) is 24.1. The van der Waals surface area contributed by atoms with Gasteiger partial charge in [0.1, 0.15) is 5.60 Å². The van der Waals surface area contributed by atoms with Crippen molar-refractivity contribution in [2.24, 2.45) is 5.73 Å². The van der Waals surface area contributed by atoms with E-state index >= 15 is 0 Å². The zero-order valence-electron chi connectivity index (χ0n) is 10.4. The van der Waals surface area contributed by atoms with Crippen LogP contribution in [-0.2, 0) is 9.53 Å². The van der Waals surface area contributed by atoms with Crippen LogP contribution in [0.1, 0.15) is 20.8 Å². The van der Waals surface area contributed by atoms with Gasteiger partial charge in [0.25, 0.3) is 5.91 Å². The number of hydrogen-bond donors (Lipinski definition) is 1. The van der Waals surface area contributed by atoms with Crippen molar-refractivity contribution in [3.8, 4) is 12.3 Å². The maximum absolute atomic E-state index is 11.7. The molecule has 0 spiro atoms. The second-order valence-corrected chi connectivity index (χ2v) is 4.25. The number of terminal acetylenes is 1. The Hall–Kier alpha value is -1.80. The minimum atomic E-state index is -0.762. The lowest BCUT2D eigenvalue weighted by atomic mass is 10.2. The largest absolute Gasteiger partial charge is 0.443 e. The first-order valence-corrected chi connectivity index (χ1v) is 5.16. The Kier molecular flexibility index (Phi) is 6.00. The molecular formula is C12H18N2O3. The summed E-state index contributed by atoms with van der Waals surface area (Å²) >= 11 is 0. The van der Waals surface area contributed by atoms with Gasteiger partial charge in [-0.2, -0.15) is 0 Å². The van der Waals surface area contributed by atoms with Gasteiger partial charge < -0.3 is 10.5 Å². The van der Waals surface area contributed by atoms with Crippen molar-refractivity contribution in [3.63, 3.8) is 0 Å². The van der Waals surface area contributed by atoms with Crippen molar-refractivity contribution < 1.29 is 14.3 Å². The van der Waals surface area contributed by atoms with Gasteiger partial charge in [0.2, 0.25) is 0 Å². The van der Waals surface area contributed by atoms with Gasteiger partial charge in [-0.3, -0.25) is 4.79 Å². The molecule has 5 heteroatoms. The van der Waals surface area contributed by atoms with Crippen molar-refractivity contribution in [1.82, 2.24) is 4.90 Å². The number of ether oxygens (including phenoxy) is 1. The molecule has 0 aliphatic rings. The molecule has 94 valence electrons. The molecule has 0 aliphatic heterocycles. The number of rotatable bonds is 3. The van der Waals surface area contributed by atoms with Gasteiger partial charge in [-0.15, -0.1) is 6.42 Å². The zero-order chi connectivity index (χ0) is 13.5. The number of imide groups is 1. The van der Waals surface area contributed by atoms with Crippen LogP contribution in [0.5, 0.6) is 0 Å². The number of hydrogen-bond acceptors (Lipinski definition) is 4. The minimum Gasteiger partial charge on any atom is -0.443 e. The molecule has 0 aromatic heterocycles. The van der Waals surface area contributed by atoms with Gasteiger partial charge in [-0.25, -0.2) is 9.69 Å². The Labute approximate surface area is 102 Å².